The highest BCUT2D eigenvalue weighted by molar-refractivity contribution is 5.79. The zero-order valence-corrected chi connectivity index (χ0v) is 14.4. The first-order valence-corrected chi connectivity index (χ1v) is 8.87. The first-order chi connectivity index (χ1) is 12.6. The molecule has 0 atom stereocenters. The summed E-state index contributed by atoms with van der Waals surface area (Å²) in [6.45, 7) is 1.29. The van der Waals surface area contributed by atoms with Crippen molar-refractivity contribution in [3.05, 3.63) is 64.6 Å². The number of H-pyrrole nitrogens is 1. The van der Waals surface area contributed by atoms with Gasteiger partial charge in [0, 0.05) is 19.1 Å². The van der Waals surface area contributed by atoms with Gasteiger partial charge in [0.25, 0.3) is 0 Å². The number of aromatic amines is 1. The number of nitrogens with one attached hydrogen (secondary N) is 1. The molecule has 0 radical (unpaired) electrons. The van der Waals surface area contributed by atoms with Crippen LogP contribution in [-0.2, 0) is 11.2 Å². The molecule has 1 aliphatic heterocycles. The zero-order chi connectivity index (χ0) is 18.1. The largest absolute Gasteiger partial charge is 0.508 e. The Morgan fingerprint density at radius 2 is 1.77 bits per heavy atom. The highest BCUT2D eigenvalue weighted by Crippen LogP contribution is 2.25. The number of phenolic OH excluding ortho intramolecular Hbond substituents is 1. The number of piperidine rings is 1. The number of carbonyl (C=O) groups is 1. The van der Waals surface area contributed by atoms with Gasteiger partial charge in [-0.3, -0.25) is 9.36 Å². The second kappa shape index (κ2) is 6.71. The lowest BCUT2D eigenvalue weighted by Gasteiger charge is -2.32. The number of aromatic hydroxyl groups is 1. The number of phenols is 1. The summed E-state index contributed by atoms with van der Waals surface area (Å²) >= 11 is 0. The van der Waals surface area contributed by atoms with Gasteiger partial charge in [0.1, 0.15) is 5.75 Å². The molecule has 4 rings (SSSR count). The van der Waals surface area contributed by atoms with Crippen molar-refractivity contribution in [1.82, 2.24) is 14.5 Å². The Hall–Kier alpha value is -3.02. The van der Waals surface area contributed by atoms with Gasteiger partial charge in [-0.25, -0.2) is 4.79 Å². The van der Waals surface area contributed by atoms with E-state index in [9.17, 15) is 14.7 Å². The molecule has 3 aromatic rings. The summed E-state index contributed by atoms with van der Waals surface area (Å²) in [7, 11) is 0. The molecule has 0 bridgehead atoms. The van der Waals surface area contributed by atoms with E-state index in [4.69, 9.17) is 0 Å². The van der Waals surface area contributed by atoms with Gasteiger partial charge in [-0.1, -0.05) is 24.3 Å². The molecule has 1 amide bonds. The molecule has 0 aliphatic carbocycles. The number of amides is 1. The number of benzene rings is 2. The van der Waals surface area contributed by atoms with Gasteiger partial charge < -0.3 is 15.0 Å². The van der Waals surface area contributed by atoms with E-state index in [1.807, 2.05) is 33.7 Å². The molecule has 6 nitrogen and oxygen atoms in total. The standard InChI is InChI=1S/C20H21N3O3/c24-16-7-5-14(6-8-16)13-19(25)22-11-9-15(10-12-22)23-18-4-2-1-3-17(18)21-20(23)26/h1-8,15,24H,9-13H2,(H,21,26). The summed E-state index contributed by atoms with van der Waals surface area (Å²) in [4.78, 5) is 29.6. The summed E-state index contributed by atoms with van der Waals surface area (Å²) in [5, 5.41) is 9.33. The van der Waals surface area contributed by atoms with Gasteiger partial charge in [0.05, 0.1) is 17.5 Å². The number of likely N-dealkylation sites (tertiary alicyclic amines) is 1. The number of imidazole rings is 1. The fraction of sp³-hybridized carbons (Fsp3) is 0.300. The molecule has 2 N–H and O–H groups in total. The van der Waals surface area contributed by atoms with Gasteiger partial charge >= 0.3 is 5.69 Å². The predicted molar refractivity (Wildman–Crippen MR) is 99.2 cm³/mol. The Labute approximate surface area is 150 Å². The third-order valence-electron chi connectivity index (χ3n) is 5.10. The molecule has 0 saturated carbocycles. The summed E-state index contributed by atoms with van der Waals surface area (Å²) < 4.78 is 1.83. The van der Waals surface area contributed by atoms with Gasteiger partial charge in [0.15, 0.2) is 0 Å². The minimum atomic E-state index is -0.0833. The highest BCUT2D eigenvalue weighted by Gasteiger charge is 2.25. The summed E-state index contributed by atoms with van der Waals surface area (Å²) in [6, 6.07) is 14.5. The second-order valence-corrected chi connectivity index (χ2v) is 6.77. The van der Waals surface area contributed by atoms with E-state index in [1.165, 1.54) is 0 Å². The monoisotopic (exact) mass is 351 g/mol. The van der Waals surface area contributed by atoms with Crippen LogP contribution < -0.4 is 5.69 Å². The van der Waals surface area contributed by atoms with Crippen molar-refractivity contribution in [1.29, 1.82) is 0 Å². The molecule has 6 heteroatoms. The Balaban J connectivity index is 1.43. The lowest BCUT2D eigenvalue weighted by molar-refractivity contribution is -0.131. The molecular formula is C20H21N3O3. The number of carbonyl (C=O) groups excluding carboxylic acids is 1. The van der Waals surface area contributed by atoms with Crippen molar-refractivity contribution >= 4 is 16.9 Å². The number of nitrogens with zero attached hydrogens (tertiary/aromatic N) is 2. The van der Waals surface area contributed by atoms with E-state index >= 15 is 0 Å². The zero-order valence-electron chi connectivity index (χ0n) is 14.4. The number of hydrogen-bond acceptors (Lipinski definition) is 3. The topological polar surface area (TPSA) is 78.3 Å². The summed E-state index contributed by atoms with van der Waals surface area (Å²) in [5.41, 5.74) is 2.58. The van der Waals surface area contributed by atoms with Crippen molar-refractivity contribution in [3.63, 3.8) is 0 Å². The van der Waals surface area contributed by atoms with Crippen molar-refractivity contribution in [2.45, 2.75) is 25.3 Å². The van der Waals surface area contributed by atoms with Crippen LogP contribution in [0.5, 0.6) is 5.75 Å². The summed E-state index contributed by atoms with van der Waals surface area (Å²) in [5.74, 6) is 0.284. The number of para-hydroxylation sites is 2. The summed E-state index contributed by atoms with van der Waals surface area (Å²) in [6.07, 6.45) is 1.87. The average molecular weight is 351 g/mol. The average Bonchev–Trinajstić information content (AvgIpc) is 2.99. The highest BCUT2D eigenvalue weighted by atomic mass is 16.3. The van der Waals surface area contributed by atoms with Gasteiger partial charge in [-0.15, -0.1) is 0 Å². The minimum absolute atomic E-state index is 0.0833. The van der Waals surface area contributed by atoms with Crippen LogP contribution in [0.1, 0.15) is 24.4 Å². The normalized spacial score (nSPS) is 15.5. The van der Waals surface area contributed by atoms with E-state index in [-0.39, 0.29) is 23.4 Å². The molecule has 1 aromatic heterocycles. The van der Waals surface area contributed by atoms with Crippen molar-refractivity contribution in [2.24, 2.45) is 0 Å². The van der Waals surface area contributed by atoms with Crippen molar-refractivity contribution in [3.8, 4) is 5.75 Å². The lowest BCUT2D eigenvalue weighted by Crippen LogP contribution is -2.41. The SMILES string of the molecule is O=C(Cc1ccc(O)cc1)N1CCC(n2c(=O)[nH]c3ccccc32)CC1. The maximum absolute atomic E-state index is 12.5. The Bertz CT molecular complexity index is 979. The van der Waals surface area contributed by atoms with E-state index in [2.05, 4.69) is 4.98 Å². The molecule has 2 heterocycles. The van der Waals surface area contributed by atoms with Crippen LogP contribution in [0, 0.1) is 0 Å². The van der Waals surface area contributed by atoms with Gasteiger partial charge in [-0.05, 0) is 42.7 Å². The first-order valence-electron chi connectivity index (χ1n) is 8.87. The Morgan fingerprint density at radius 3 is 2.50 bits per heavy atom. The first kappa shape index (κ1) is 16.4. The van der Waals surface area contributed by atoms with Crippen LogP contribution in [0.25, 0.3) is 11.0 Å². The van der Waals surface area contributed by atoms with E-state index < -0.39 is 0 Å². The quantitative estimate of drug-likeness (QED) is 0.761. The number of aromatic nitrogens is 2. The van der Waals surface area contributed by atoms with Crippen LogP contribution in [0.4, 0.5) is 0 Å². The smallest absolute Gasteiger partial charge is 0.326 e. The molecule has 26 heavy (non-hydrogen) atoms. The van der Waals surface area contributed by atoms with Gasteiger partial charge in [0.2, 0.25) is 5.91 Å². The van der Waals surface area contributed by atoms with E-state index in [0.717, 1.165) is 29.4 Å². The minimum Gasteiger partial charge on any atom is -0.508 e. The predicted octanol–water partition coefficient (Wildman–Crippen LogP) is 2.44. The van der Waals surface area contributed by atoms with Crippen LogP contribution in [0.2, 0.25) is 0 Å². The van der Waals surface area contributed by atoms with Crippen LogP contribution in [-0.4, -0.2) is 38.6 Å². The van der Waals surface area contributed by atoms with Crippen LogP contribution in [0.3, 0.4) is 0 Å². The molecule has 1 aliphatic rings. The maximum atomic E-state index is 12.5. The van der Waals surface area contributed by atoms with E-state index in [1.54, 1.807) is 24.3 Å². The van der Waals surface area contributed by atoms with Crippen molar-refractivity contribution < 1.29 is 9.90 Å². The molecule has 0 unspecified atom stereocenters. The number of fused-ring (bicyclic) bond motifs is 1. The second-order valence-electron chi connectivity index (χ2n) is 6.77. The molecule has 1 saturated heterocycles. The van der Waals surface area contributed by atoms with Gasteiger partial charge in [-0.2, -0.15) is 0 Å². The fourth-order valence-corrected chi connectivity index (χ4v) is 3.71. The third-order valence-corrected chi connectivity index (χ3v) is 5.10. The number of hydrogen-bond donors (Lipinski definition) is 2. The molecule has 2 aromatic carbocycles. The fourth-order valence-electron chi connectivity index (χ4n) is 3.71. The van der Waals surface area contributed by atoms with Crippen LogP contribution >= 0.6 is 0 Å². The number of rotatable bonds is 3. The molecular weight excluding hydrogens is 330 g/mol. The Morgan fingerprint density at radius 1 is 1.08 bits per heavy atom. The maximum Gasteiger partial charge on any atom is 0.326 e. The Kier molecular flexibility index (Phi) is 4.24. The van der Waals surface area contributed by atoms with E-state index in [0.29, 0.717) is 19.5 Å². The van der Waals surface area contributed by atoms with Crippen LogP contribution in [0.15, 0.2) is 53.3 Å². The molecule has 1 fully saturated rings. The van der Waals surface area contributed by atoms with Crippen molar-refractivity contribution in [2.75, 3.05) is 13.1 Å². The molecule has 134 valence electrons. The molecule has 0 spiro atoms. The lowest BCUT2D eigenvalue weighted by atomic mass is 10.0. The third kappa shape index (κ3) is 3.10.